The van der Waals surface area contributed by atoms with Gasteiger partial charge in [-0.25, -0.2) is 9.78 Å². The number of carbonyl (C=O) groups excluding carboxylic acids is 1. The zero-order valence-electron chi connectivity index (χ0n) is 12.5. The number of hydrogen-bond donors (Lipinski definition) is 2. The van der Waals surface area contributed by atoms with E-state index in [1.54, 1.807) is 18.4 Å². The monoisotopic (exact) mass is 317 g/mol. The Labute approximate surface area is 133 Å². The summed E-state index contributed by atoms with van der Waals surface area (Å²) < 4.78 is 5.11. The Morgan fingerprint density at radius 1 is 1.27 bits per heavy atom. The highest BCUT2D eigenvalue weighted by atomic mass is 32.1. The SMILES string of the molecule is COc1ccc(CNC(=O)Nc2nc3c(s2)CCCC3)cc1. The van der Waals surface area contributed by atoms with Gasteiger partial charge in [-0.2, -0.15) is 0 Å². The van der Waals surface area contributed by atoms with E-state index in [0.717, 1.165) is 29.8 Å². The van der Waals surface area contributed by atoms with Crippen molar-refractivity contribution in [3.8, 4) is 5.75 Å². The summed E-state index contributed by atoms with van der Waals surface area (Å²) in [6.07, 6.45) is 4.53. The number of thiazole rings is 1. The van der Waals surface area contributed by atoms with Crippen molar-refractivity contribution in [2.45, 2.75) is 32.2 Å². The van der Waals surface area contributed by atoms with Crippen LogP contribution in [0.2, 0.25) is 0 Å². The molecular formula is C16H19N3O2S. The minimum atomic E-state index is -0.220. The molecule has 0 saturated carbocycles. The average Bonchev–Trinajstić information content (AvgIpc) is 2.95. The van der Waals surface area contributed by atoms with E-state index in [2.05, 4.69) is 15.6 Å². The van der Waals surface area contributed by atoms with Gasteiger partial charge in [-0.1, -0.05) is 12.1 Å². The lowest BCUT2D eigenvalue weighted by molar-refractivity contribution is 0.251. The van der Waals surface area contributed by atoms with E-state index >= 15 is 0 Å². The second-order valence-corrected chi connectivity index (χ2v) is 6.34. The highest BCUT2D eigenvalue weighted by molar-refractivity contribution is 7.15. The van der Waals surface area contributed by atoms with Gasteiger partial charge in [-0.15, -0.1) is 11.3 Å². The fourth-order valence-corrected chi connectivity index (χ4v) is 3.52. The average molecular weight is 317 g/mol. The second kappa shape index (κ2) is 6.79. The Hall–Kier alpha value is -2.08. The molecule has 3 rings (SSSR count). The third-order valence-electron chi connectivity index (χ3n) is 3.68. The van der Waals surface area contributed by atoms with Crippen LogP contribution in [0.5, 0.6) is 5.75 Å². The van der Waals surface area contributed by atoms with E-state index in [4.69, 9.17) is 4.74 Å². The van der Waals surface area contributed by atoms with Gasteiger partial charge in [0, 0.05) is 11.4 Å². The van der Waals surface area contributed by atoms with Gasteiger partial charge in [-0.3, -0.25) is 5.32 Å². The summed E-state index contributed by atoms with van der Waals surface area (Å²) in [5, 5.41) is 6.36. The zero-order chi connectivity index (χ0) is 15.4. The molecule has 0 fully saturated rings. The molecule has 0 bridgehead atoms. The van der Waals surface area contributed by atoms with Crippen LogP contribution in [0, 0.1) is 0 Å². The number of amides is 2. The topological polar surface area (TPSA) is 63.2 Å². The lowest BCUT2D eigenvalue weighted by Gasteiger charge is -2.06. The number of hydrogen-bond acceptors (Lipinski definition) is 4. The zero-order valence-corrected chi connectivity index (χ0v) is 13.3. The van der Waals surface area contributed by atoms with Crippen molar-refractivity contribution in [3.05, 3.63) is 40.4 Å². The normalized spacial score (nSPS) is 13.3. The molecular weight excluding hydrogens is 298 g/mol. The van der Waals surface area contributed by atoms with Crippen LogP contribution in [0.4, 0.5) is 9.93 Å². The van der Waals surface area contributed by atoms with Gasteiger partial charge in [0.25, 0.3) is 0 Å². The standard InChI is InChI=1S/C16H19N3O2S/c1-21-12-8-6-11(7-9-12)10-17-15(20)19-16-18-13-4-2-3-5-14(13)22-16/h6-9H,2-5,10H2,1H3,(H2,17,18,19,20). The van der Waals surface area contributed by atoms with Gasteiger partial charge in [0.15, 0.2) is 5.13 Å². The van der Waals surface area contributed by atoms with E-state index in [1.807, 2.05) is 24.3 Å². The van der Waals surface area contributed by atoms with Gasteiger partial charge in [0.05, 0.1) is 12.8 Å². The molecule has 2 aromatic rings. The van der Waals surface area contributed by atoms with Crippen LogP contribution >= 0.6 is 11.3 Å². The maximum absolute atomic E-state index is 11.9. The molecule has 0 saturated heterocycles. The van der Waals surface area contributed by atoms with Crippen molar-refractivity contribution in [3.63, 3.8) is 0 Å². The Morgan fingerprint density at radius 3 is 2.77 bits per heavy atom. The number of rotatable bonds is 4. The van der Waals surface area contributed by atoms with Gasteiger partial charge >= 0.3 is 6.03 Å². The van der Waals surface area contributed by atoms with Gasteiger partial charge in [0.2, 0.25) is 0 Å². The molecule has 6 heteroatoms. The first-order chi connectivity index (χ1) is 10.7. The number of aryl methyl sites for hydroxylation is 2. The molecule has 2 N–H and O–H groups in total. The van der Waals surface area contributed by atoms with Crippen LogP contribution in [0.3, 0.4) is 0 Å². The van der Waals surface area contributed by atoms with E-state index < -0.39 is 0 Å². The Morgan fingerprint density at radius 2 is 2.05 bits per heavy atom. The lowest BCUT2D eigenvalue weighted by Crippen LogP contribution is -2.28. The predicted octanol–water partition coefficient (Wildman–Crippen LogP) is 3.35. The van der Waals surface area contributed by atoms with Crippen LogP contribution < -0.4 is 15.4 Å². The van der Waals surface area contributed by atoms with Gasteiger partial charge in [-0.05, 0) is 43.4 Å². The number of fused-ring (bicyclic) bond motifs is 1. The molecule has 1 aliphatic rings. The molecule has 0 atom stereocenters. The fourth-order valence-electron chi connectivity index (χ4n) is 2.47. The van der Waals surface area contributed by atoms with Crippen LogP contribution in [-0.2, 0) is 19.4 Å². The molecule has 1 heterocycles. The Balaban J connectivity index is 1.52. The number of anilines is 1. The van der Waals surface area contributed by atoms with Crippen molar-refractivity contribution in [1.29, 1.82) is 0 Å². The summed E-state index contributed by atoms with van der Waals surface area (Å²) in [5.74, 6) is 0.807. The second-order valence-electron chi connectivity index (χ2n) is 5.25. The van der Waals surface area contributed by atoms with E-state index in [-0.39, 0.29) is 6.03 Å². The first kappa shape index (κ1) is 14.8. The summed E-state index contributed by atoms with van der Waals surface area (Å²) in [6, 6.07) is 7.40. The Kier molecular flexibility index (Phi) is 4.58. The number of aromatic nitrogens is 1. The molecule has 5 nitrogen and oxygen atoms in total. The minimum Gasteiger partial charge on any atom is -0.497 e. The number of ether oxygens (including phenoxy) is 1. The molecule has 0 radical (unpaired) electrons. The van der Waals surface area contributed by atoms with Crippen LogP contribution in [0.25, 0.3) is 0 Å². The Bertz CT molecular complexity index is 628. The molecule has 1 aromatic carbocycles. The van der Waals surface area contributed by atoms with Gasteiger partial charge in [0.1, 0.15) is 5.75 Å². The largest absolute Gasteiger partial charge is 0.497 e. The highest BCUT2D eigenvalue weighted by Crippen LogP contribution is 2.29. The van der Waals surface area contributed by atoms with Crippen molar-refractivity contribution in [1.82, 2.24) is 10.3 Å². The predicted molar refractivity (Wildman–Crippen MR) is 87.6 cm³/mol. The van der Waals surface area contributed by atoms with E-state index in [9.17, 15) is 4.79 Å². The summed E-state index contributed by atoms with van der Waals surface area (Å²) >= 11 is 1.59. The van der Waals surface area contributed by atoms with Crippen molar-refractivity contribution >= 4 is 22.5 Å². The molecule has 0 aliphatic heterocycles. The summed E-state index contributed by atoms with van der Waals surface area (Å²) in [5.41, 5.74) is 2.18. The smallest absolute Gasteiger partial charge is 0.321 e. The minimum absolute atomic E-state index is 0.220. The van der Waals surface area contributed by atoms with Crippen molar-refractivity contribution in [2.24, 2.45) is 0 Å². The number of urea groups is 1. The molecule has 1 aromatic heterocycles. The number of carbonyl (C=O) groups is 1. The summed E-state index contributed by atoms with van der Waals surface area (Å²) in [4.78, 5) is 17.8. The summed E-state index contributed by atoms with van der Waals surface area (Å²) in [7, 11) is 1.63. The molecule has 22 heavy (non-hydrogen) atoms. The molecule has 0 spiro atoms. The molecule has 116 valence electrons. The highest BCUT2D eigenvalue weighted by Gasteiger charge is 2.16. The first-order valence-corrected chi connectivity index (χ1v) is 8.22. The van der Waals surface area contributed by atoms with E-state index in [0.29, 0.717) is 11.7 Å². The van der Waals surface area contributed by atoms with E-state index in [1.165, 1.54) is 17.7 Å². The van der Waals surface area contributed by atoms with Crippen LogP contribution in [-0.4, -0.2) is 18.1 Å². The number of benzene rings is 1. The summed E-state index contributed by atoms with van der Waals surface area (Å²) in [6.45, 7) is 0.473. The quantitative estimate of drug-likeness (QED) is 0.909. The first-order valence-electron chi connectivity index (χ1n) is 7.41. The van der Waals surface area contributed by atoms with Crippen LogP contribution in [0.1, 0.15) is 29.0 Å². The fraction of sp³-hybridized carbons (Fsp3) is 0.375. The third kappa shape index (κ3) is 3.57. The lowest BCUT2D eigenvalue weighted by atomic mass is 10.0. The van der Waals surface area contributed by atoms with Crippen LogP contribution in [0.15, 0.2) is 24.3 Å². The van der Waals surface area contributed by atoms with Crippen molar-refractivity contribution in [2.75, 3.05) is 12.4 Å². The molecule has 1 aliphatic carbocycles. The number of methoxy groups -OCH3 is 1. The molecule has 2 amide bonds. The number of nitrogens with one attached hydrogen (secondary N) is 2. The van der Waals surface area contributed by atoms with Crippen molar-refractivity contribution < 1.29 is 9.53 Å². The maximum Gasteiger partial charge on any atom is 0.321 e. The molecule has 0 unspecified atom stereocenters. The van der Waals surface area contributed by atoms with Gasteiger partial charge < -0.3 is 10.1 Å². The third-order valence-corrected chi connectivity index (χ3v) is 4.75. The number of nitrogens with zero attached hydrogens (tertiary/aromatic N) is 1. The maximum atomic E-state index is 11.9.